The Balaban J connectivity index is 1.57. The number of nitrogens with one attached hydrogen (secondary N) is 2. The number of carbonyl (C=O) groups is 6. The number of rotatable bonds is 17. The van der Waals surface area contributed by atoms with Crippen LogP contribution in [0.3, 0.4) is 0 Å². The molecule has 2 amide bonds. The van der Waals surface area contributed by atoms with E-state index in [0.717, 1.165) is 59.3 Å². The standard InChI is InChI=1S/C29H43N5O11/c1-17(35)41-16-23-26(42-18(2)36)27(43-19(3)37)28(44-20(4)38)29(45-23)34-15-22(32-33-34)14-30-24(39)10-8-6-5-7-9-11-25(40)31-21-12-13-21/h15,21,23,26-29H,5-14,16H2,1-4H3,(H,30,39)(H,31,40)/t23-,26-,27+,28-,29-/m1/s1. The molecule has 1 saturated carbocycles. The quantitative estimate of drug-likeness (QED) is 0.140. The van der Waals surface area contributed by atoms with Crippen molar-refractivity contribution in [1.82, 2.24) is 25.6 Å². The molecule has 0 radical (unpaired) electrons. The molecule has 250 valence electrons. The van der Waals surface area contributed by atoms with Gasteiger partial charge in [0.1, 0.15) is 18.4 Å². The van der Waals surface area contributed by atoms with Crippen LogP contribution in [-0.4, -0.2) is 87.8 Å². The van der Waals surface area contributed by atoms with E-state index in [2.05, 4.69) is 20.9 Å². The van der Waals surface area contributed by atoms with E-state index < -0.39 is 54.5 Å². The molecule has 16 nitrogen and oxygen atoms in total. The average molecular weight is 638 g/mol. The van der Waals surface area contributed by atoms with Gasteiger partial charge >= 0.3 is 23.9 Å². The first kappa shape index (κ1) is 35.4. The van der Waals surface area contributed by atoms with E-state index in [9.17, 15) is 28.8 Å². The molecule has 1 aliphatic carbocycles. The molecule has 1 aromatic rings. The zero-order valence-corrected chi connectivity index (χ0v) is 26.2. The second-order valence-corrected chi connectivity index (χ2v) is 11.2. The summed E-state index contributed by atoms with van der Waals surface area (Å²) in [5.74, 6) is -2.91. The molecule has 2 N–H and O–H groups in total. The Morgan fingerprint density at radius 1 is 0.800 bits per heavy atom. The molecule has 2 heterocycles. The summed E-state index contributed by atoms with van der Waals surface area (Å²) in [6, 6.07) is 0.381. The number of hydrogen-bond acceptors (Lipinski definition) is 13. The summed E-state index contributed by atoms with van der Waals surface area (Å²) in [5, 5.41) is 13.9. The number of ether oxygens (including phenoxy) is 5. The Morgan fingerprint density at radius 2 is 1.38 bits per heavy atom. The van der Waals surface area contributed by atoms with Crippen LogP contribution in [0.25, 0.3) is 0 Å². The maximum absolute atomic E-state index is 12.4. The van der Waals surface area contributed by atoms with Gasteiger partial charge in [-0.05, 0) is 25.7 Å². The number of hydrogen-bond donors (Lipinski definition) is 2. The van der Waals surface area contributed by atoms with Gasteiger partial charge in [-0.25, -0.2) is 4.68 Å². The highest BCUT2D eigenvalue weighted by Gasteiger charge is 2.53. The molecular weight excluding hydrogens is 594 g/mol. The fourth-order valence-corrected chi connectivity index (χ4v) is 4.84. The number of unbranched alkanes of at least 4 members (excludes halogenated alkanes) is 4. The lowest BCUT2D eigenvalue weighted by atomic mass is 9.97. The molecule has 5 atom stereocenters. The topological polar surface area (TPSA) is 203 Å². The van der Waals surface area contributed by atoms with Crippen molar-refractivity contribution in [3.05, 3.63) is 11.9 Å². The van der Waals surface area contributed by atoms with Crippen molar-refractivity contribution in [3.63, 3.8) is 0 Å². The third-order valence-corrected chi connectivity index (χ3v) is 7.00. The summed E-state index contributed by atoms with van der Waals surface area (Å²) >= 11 is 0. The van der Waals surface area contributed by atoms with E-state index in [-0.39, 0.29) is 25.0 Å². The van der Waals surface area contributed by atoms with Crippen LogP contribution in [0.5, 0.6) is 0 Å². The molecule has 0 spiro atoms. The number of esters is 4. The van der Waals surface area contributed by atoms with Gasteiger partial charge in [0.2, 0.25) is 11.8 Å². The largest absolute Gasteiger partial charge is 0.463 e. The van der Waals surface area contributed by atoms with Crippen LogP contribution < -0.4 is 10.6 Å². The van der Waals surface area contributed by atoms with Gasteiger partial charge in [-0.3, -0.25) is 28.8 Å². The zero-order chi connectivity index (χ0) is 32.9. The van der Waals surface area contributed by atoms with Crippen LogP contribution in [0.2, 0.25) is 0 Å². The Morgan fingerprint density at radius 3 is 1.98 bits per heavy atom. The molecule has 0 unspecified atom stereocenters. The van der Waals surface area contributed by atoms with Crippen molar-refractivity contribution >= 4 is 35.7 Å². The molecule has 2 aliphatic rings. The van der Waals surface area contributed by atoms with E-state index >= 15 is 0 Å². The lowest BCUT2D eigenvalue weighted by molar-refractivity contribution is -0.270. The van der Waals surface area contributed by atoms with Crippen molar-refractivity contribution in [2.24, 2.45) is 0 Å². The van der Waals surface area contributed by atoms with Crippen LogP contribution in [0.4, 0.5) is 0 Å². The summed E-state index contributed by atoms with van der Waals surface area (Å²) in [6.07, 6.45) is 2.43. The van der Waals surface area contributed by atoms with Crippen molar-refractivity contribution < 1.29 is 52.5 Å². The summed E-state index contributed by atoms with van der Waals surface area (Å²) < 4.78 is 28.6. The van der Waals surface area contributed by atoms with E-state index in [1.807, 2.05) is 0 Å². The van der Waals surface area contributed by atoms with Crippen molar-refractivity contribution in [2.45, 2.75) is 129 Å². The third-order valence-electron chi connectivity index (χ3n) is 7.00. The van der Waals surface area contributed by atoms with Crippen molar-refractivity contribution in [2.75, 3.05) is 6.61 Å². The maximum atomic E-state index is 12.4. The van der Waals surface area contributed by atoms with Crippen LogP contribution in [0, 0.1) is 0 Å². The minimum atomic E-state index is -1.35. The van der Waals surface area contributed by atoms with Crippen molar-refractivity contribution in [3.8, 4) is 0 Å². The van der Waals surface area contributed by atoms with Crippen LogP contribution in [0.15, 0.2) is 6.20 Å². The molecule has 1 aromatic heterocycles. The smallest absolute Gasteiger partial charge is 0.303 e. The van der Waals surface area contributed by atoms with E-state index in [0.29, 0.717) is 31.0 Å². The van der Waals surface area contributed by atoms with Crippen molar-refractivity contribution in [1.29, 1.82) is 0 Å². The fraction of sp³-hybridized carbons (Fsp3) is 0.724. The average Bonchev–Trinajstić information content (AvgIpc) is 3.64. The second kappa shape index (κ2) is 17.4. The Kier molecular flexibility index (Phi) is 13.7. The second-order valence-electron chi connectivity index (χ2n) is 11.2. The minimum absolute atomic E-state index is 0.0558. The molecule has 1 saturated heterocycles. The first-order valence-corrected chi connectivity index (χ1v) is 15.2. The predicted octanol–water partition coefficient (Wildman–Crippen LogP) is 1.16. The first-order valence-electron chi connectivity index (χ1n) is 15.2. The Labute approximate surface area is 261 Å². The molecule has 2 fully saturated rings. The highest BCUT2D eigenvalue weighted by molar-refractivity contribution is 5.76. The Bertz CT molecular complexity index is 1200. The maximum Gasteiger partial charge on any atom is 0.303 e. The summed E-state index contributed by atoms with van der Waals surface area (Å²) in [5.41, 5.74) is 0.362. The summed E-state index contributed by atoms with van der Waals surface area (Å²) in [4.78, 5) is 71.6. The number of aromatic nitrogens is 3. The highest BCUT2D eigenvalue weighted by atomic mass is 16.7. The molecular formula is C29H43N5O11. The molecule has 0 aromatic carbocycles. The van der Waals surface area contributed by atoms with Gasteiger partial charge in [0.05, 0.1) is 12.7 Å². The first-order chi connectivity index (χ1) is 21.4. The summed E-state index contributed by atoms with van der Waals surface area (Å²) in [7, 11) is 0. The van der Waals surface area contributed by atoms with Gasteiger partial charge in [-0.2, -0.15) is 0 Å². The van der Waals surface area contributed by atoms with Crippen LogP contribution in [-0.2, 0) is 59.0 Å². The molecule has 45 heavy (non-hydrogen) atoms. The SMILES string of the molecule is CC(=O)OC[C@H]1O[C@@H](n2cc(CNC(=O)CCCCCCCC(=O)NC3CC3)nn2)[C@H](OC(C)=O)[C@@H](OC(C)=O)[C@@H]1OC(C)=O. The highest BCUT2D eigenvalue weighted by Crippen LogP contribution is 2.34. The van der Waals surface area contributed by atoms with Gasteiger partial charge in [0.25, 0.3) is 0 Å². The van der Waals surface area contributed by atoms with Gasteiger partial charge < -0.3 is 34.3 Å². The zero-order valence-electron chi connectivity index (χ0n) is 26.2. The van der Waals surface area contributed by atoms with Crippen LogP contribution in [0.1, 0.15) is 97.4 Å². The molecule has 16 heteroatoms. The molecule has 0 bridgehead atoms. The van der Waals surface area contributed by atoms with E-state index in [1.165, 1.54) is 17.8 Å². The predicted molar refractivity (Wildman–Crippen MR) is 153 cm³/mol. The number of amides is 2. The fourth-order valence-electron chi connectivity index (χ4n) is 4.84. The van der Waals surface area contributed by atoms with E-state index in [4.69, 9.17) is 23.7 Å². The monoisotopic (exact) mass is 637 g/mol. The number of carbonyl (C=O) groups excluding carboxylic acids is 6. The third kappa shape index (κ3) is 12.4. The van der Waals surface area contributed by atoms with E-state index in [1.54, 1.807) is 0 Å². The lowest BCUT2D eigenvalue weighted by Crippen LogP contribution is -2.60. The van der Waals surface area contributed by atoms with Gasteiger partial charge in [0.15, 0.2) is 24.5 Å². The van der Waals surface area contributed by atoms with Gasteiger partial charge in [-0.1, -0.05) is 24.5 Å². The molecule has 3 rings (SSSR count). The van der Waals surface area contributed by atoms with Gasteiger partial charge in [0, 0.05) is 46.6 Å². The molecule has 1 aliphatic heterocycles. The van der Waals surface area contributed by atoms with Gasteiger partial charge in [-0.15, -0.1) is 5.10 Å². The minimum Gasteiger partial charge on any atom is -0.463 e. The van der Waals surface area contributed by atoms with Crippen LogP contribution >= 0.6 is 0 Å². The summed E-state index contributed by atoms with van der Waals surface area (Å²) in [6.45, 7) is 4.28. The lowest BCUT2D eigenvalue weighted by Gasteiger charge is -2.44. The Hall–Kier alpha value is -4.08. The normalized spacial score (nSPS) is 22.5. The number of nitrogens with zero attached hydrogens (tertiary/aromatic N) is 3.